The molecule has 0 aliphatic carbocycles. The summed E-state index contributed by atoms with van der Waals surface area (Å²) >= 11 is 3.30. The predicted molar refractivity (Wildman–Crippen MR) is 105 cm³/mol. The van der Waals surface area contributed by atoms with Crippen molar-refractivity contribution in [2.45, 2.75) is 25.4 Å². The van der Waals surface area contributed by atoms with Gasteiger partial charge in [-0.1, -0.05) is 12.1 Å². The highest BCUT2D eigenvalue weighted by Crippen LogP contribution is 2.16. The Morgan fingerprint density at radius 1 is 1.30 bits per heavy atom. The first-order valence-electron chi connectivity index (χ1n) is 8.94. The van der Waals surface area contributed by atoms with Crippen molar-refractivity contribution >= 4 is 22.0 Å². The van der Waals surface area contributed by atoms with Gasteiger partial charge in [0.15, 0.2) is 0 Å². The van der Waals surface area contributed by atoms with E-state index in [0.717, 1.165) is 41.6 Å². The van der Waals surface area contributed by atoms with Gasteiger partial charge in [0.25, 0.3) is 0 Å². The van der Waals surface area contributed by atoms with E-state index in [9.17, 15) is 4.79 Å². The summed E-state index contributed by atoms with van der Waals surface area (Å²) in [6.45, 7) is 1.85. The molecule has 1 aromatic carbocycles. The van der Waals surface area contributed by atoms with E-state index in [-0.39, 0.29) is 12.1 Å². The number of likely N-dealkylation sites (tertiary alicyclic amines) is 1. The van der Waals surface area contributed by atoms with Crippen LogP contribution in [0, 0.1) is 0 Å². The summed E-state index contributed by atoms with van der Waals surface area (Å²) in [5, 5.41) is 2.98. The Bertz CT molecular complexity index is 740. The van der Waals surface area contributed by atoms with Crippen molar-refractivity contribution < 1.29 is 14.3 Å². The average molecular weight is 435 g/mol. The van der Waals surface area contributed by atoms with Crippen LogP contribution >= 0.6 is 15.9 Å². The van der Waals surface area contributed by atoms with Gasteiger partial charge in [-0.25, -0.2) is 14.8 Å². The molecule has 0 saturated carbocycles. The number of benzene rings is 1. The van der Waals surface area contributed by atoms with E-state index < -0.39 is 0 Å². The fraction of sp³-hybridized carbons (Fsp3) is 0.421. The lowest BCUT2D eigenvalue weighted by molar-refractivity contribution is 0.0939. The molecule has 1 aromatic heterocycles. The number of aromatic nitrogens is 2. The third-order valence-electron chi connectivity index (χ3n) is 4.38. The van der Waals surface area contributed by atoms with Gasteiger partial charge in [-0.2, -0.15) is 0 Å². The summed E-state index contributed by atoms with van der Waals surface area (Å²) in [6.07, 6.45) is 5.76. The summed E-state index contributed by atoms with van der Waals surface area (Å²) in [5.41, 5.74) is 1.16. The Morgan fingerprint density at radius 3 is 2.74 bits per heavy atom. The van der Waals surface area contributed by atoms with Crippen LogP contribution in [0.2, 0.25) is 0 Å². The van der Waals surface area contributed by atoms with Crippen molar-refractivity contribution in [3.05, 3.63) is 46.7 Å². The Morgan fingerprint density at radius 2 is 2.04 bits per heavy atom. The van der Waals surface area contributed by atoms with Gasteiger partial charge in [0.1, 0.15) is 11.9 Å². The number of carbonyl (C=O) groups excluding carboxylic acids is 1. The highest BCUT2D eigenvalue weighted by molar-refractivity contribution is 9.10. The summed E-state index contributed by atoms with van der Waals surface area (Å²) in [5.74, 6) is 0.830. The van der Waals surface area contributed by atoms with Gasteiger partial charge in [-0.3, -0.25) is 0 Å². The molecule has 0 spiro atoms. The molecule has 8 heteroatoms. The van der Waals surface area contributed by atoms with Gasteiger partial charge >= 0.3 is 12.0 Å². The summed E-state index contributed by atoms with van der Waals surface area (Å²) in [4.78, 5) is 22.5. The van der Waals surface area contributed by atoms with E-state index in [0.29, 0.717) is 19.1 Å². The first-order chi connectivity index (χ1) is 13.1. The lowest BCUT2D eigenvalue weighted by Gasteiger charge is -2.32. The molecule has 7 nitrogen and oxygen atoms in total. The number of hydrogen-bond acceptors (Lipinski definition) is 5. The predicted octanol–water partition coefficient (Wildman–Crippen LogP) is 3.04. The van der Waals surface area contributed by atoms with Crippen molar-refractivity contribution in [1.29, 1.82) is 0 Å². The number of nitrogens with one attached hydrogen (secondary N) is 1. The van der Waals surface area contributed by atoms with Crippen LogP contribution in [0.25, 0.3) is 0 Å². The Hall–Kier alpha value is -2.35. The highest BCUT2D eigenvalue weighted by Gasteiger charge is 2.25. The van der Waals surface area contributed by atoms with Gasteiger partial charge in [-0.05, 0) is 52.9 Å². The SMILES string of the molecule is COc1ccc(CCNC(=O)N2CCCC(Oc3ncc(Br)cn3)C2)cc1. The Labute approximate surface area is 167 Å². The maximum absolute atomic E-state index is 12.4. The van der Waals surface area contributed by atoms with Crippen molar-refractivity contribution in [3.63, 3.8) is 0 Å². The second kappa shape index (κ2) is 9.55. The molecule has 0 radical (unpaired) electrons. The van der Waals surface area contributed by atoms with Crippen LogP contribution in [0.4, 0.5) is 4.79 Å². The maximum atomic E-state index is 12.4. The molecule has 1 atom stereocenters. The summed E-state index contributed by atoms with van der Waals surface area (Å²) in [6, 6.07) is 8.14. The number of piperidine rings is 1. The van der Waals surface area contributed by atoms with Crippen molar-refractivity contribution in [2.75, 3.05) is 26.7 Å². The van der Waals surface area contributed by atoms with Crippen LogP contribution in [0.5, 0.6) is 11.8 Å². The molecule has 0 bridgehead atoms. The zero-order valence-corrected chi connectivity index (χ0v) is 16.8. The number of methoxy groups -OCH3 is 1. The molecule has 27 heavy (non-hydrogen) atoms. The minimum Gasteiger partial charge on any atom is -0.497 e. The molecule has 2 amide bonds. The van der Waals surface area contributed by atoms with E-state index >= 15 is 0 Å². The molecule has 1 unspecified atom stereocenters. The molecule has 1 aliphatic rings. The van der Waals surface area contributed by atoms with Gasteiger partial charge < -0.3 is 19.7 Å². The molecule has 1 N–H and O–H groups in total. The summed E-state index contributed by atoms with van der Waals surface area (Å²) < 4.78 is 11.8. The van der Waals surface area contributed by atoms with E-state index in [4.69, 9.17) is 9.47 Å². The van der Waals surface area contributed by atoms with Crippen LogP contribution < -0.4 is 14.8 Å². The fourth-order valence-electron chi connectivity index (χ4n) is 2.95. The second-order valence-corrected chi connectivity index (χ2v) is 7.26. The minimum absolute atomic E-state index is 0.0615. The number of halogens is 1. The topological polar surface area (TPSA) is 76.6 Å². The second-order valence-electron chi connectivity index (χ2n) is 6.34. The van der Waals surface area contributed by atoms with Gasteiger partial charge in [-0.15, -0.1) is 0 Å². The van der Waals surface area contributed by atoms with E-state index in [1.165, 1.54) is 0 Å². The van der Waals surface area contributed by atoms with E-state index in [1.54, 1.807) is 24.4 Å². The van der Waals surface area contributed by atoms with Crippen LogP contribution in [0.3, 0.4) is 0 Å². The van der Waals surface area contributed by atoms with E-state index in [1.807, 2.05) is 24.3 Å². The Kier molecular flexibility index (Phi) is 6.86. The molecule has 2 aromatic rings. The largest absolute Gasteiger partial charge is 0.497 e. The molecule has 2 heterocycles. The first-order valence-corrected chi connectivity index (χ1v) is 9.73. The van der Waals surface area contributed by atoms with E-state index in [2.05, 4.69) is 31.2 Å². The normalized spacial score (nSPS) is 16.7. The lowest BCUT2D eigenvalue weighted by Crippen LogP contribution is -2.49. The minimum atomic E-state index is -0.0905. The number of carbonyl (C=O) groups is 1. The number of hydrogen-bond donors (Lipinski definition) is 1. The van der Waals surface area contributed by atoms with Crippen molar-refractivity contribution in [3.8, 4) is 11.8 Å². The standard InChI is InChI=1S/C19H23BrN4O3/c1-26-16-6-4-14(5-7-16)8-9-21-19(25)24-10-2-3-17(13-24)27-18-22-11-15(20)12-23-18/h4-7,11-12,17H,2-3,8-10,13H2,1H3,(H,21,25). The third-order valence-corrected chi connectivity index (χ3v) is 4.79. The smallest absolute Gasteiger partial charge is 0.317 e. The van der Waals surface area contributed by atoms with Crippen LogP contribution in [0.1, 0.15) is 18.4 Å². The molecule has 1 fully saturated rings. The molecule has 1 aliphatic heterocycles. The zero-order valence-electron chi connectivity index (χ0n) is 15.2. The zero-order chi connectivity index (χ0) is 19.1. The quantitative estimate of drug-likeness (QED) is 0.755. The van der Waals surface area contributed by atoms with Crippen LogP contribution in [0.15, 0.2) is 41.1 Å². The maximum Gasteiger partial charge on any atom is 0.317 e. The van der Waals surface area contributed by atoms with Crippen LogP contribution in [-0.4, -0.2) is 53.7 Å². The molecule has 144 valence electrons. The third kappa shape index (κ3) is 5.82. The van der Waals surface area contributed by atoms with Crippen molar-refractivity contribution in [2.24, 2.45) is 0 Å². The molecule has 1 saturated heterocycles. The molecule has 3 rings (SSSR count). The van der Waals surface area contributed by atoms with Crippen molar-refractivity contribution in [1.82, 2.24) is 20.2 Å². The van der Waals surface area contributed by atoms with Gasteiger partial charge in [0.2, 0.25) is 0 Å². The lowest BCUT2D eigenvalue weighted by atomic mass is 10.1. The van der Waals surface area contributed by atoms with Crippen LogP contribution in [-0.2, 0) is 6.42 Å². The highest BCUT2D eigenvalue weighted by atomic mass is 79.9. The number of ether oxygens (including phenoxy) is 2. The average Bonchev–Trinajstić information content (AvgIpc) is 2.70. The number of rotatable bonds is 6. The number of urea groups is 1. The number of nitrogens with zero attached hydrogens (tertiary/aromatic N) is 3. The fourth-order valence-corrected chi connectivity index (χ4v) is 3.15. The Balaban J connectivity index is 1.44. The first kappa shape index (κ1) is 19.4. The molecular weight excluding hydrogens is 412 g/mol. The molecular formula is C19H23BrN4O3. The number of amides is 2. The van der Waals surface area contributed by atoms with Gasteiger partial charge in [0.05, 0.1) is 18.1 Å². The summed E-state index contributed by atoms with van der Waals surface area (Å²) in [7, 11) is 1.65. The monoisotopic (exact) mass is 434 g/mol. The van der Waals surface area contributed by atoms with Gasteiger partial charge in [0, 0.05) is 25.5 Å².